The number of nitrogens with one attached hydrogen (secondary N) is 1. The quantitative estimate of drug-likeness (QED) is 0.493. The zero-order valence-corrected chi connectivity index (χ0v) is 18.5. The van der Waals surface area contributed by atoms with Crippen molar-refractivity contribution >= 4 is 34.8 Å². The molecule has 1 N–H and O–H groups in total. The van der Waals surface area contributed by atoms with Gasteiger partial charge in [0, 0.05) is 37.4 Å². The molecule has 10 heteroatoms. The summed E-state index contributed by atoms with van der Waals surface area (Å²) in [5.74, 6) is 0.477. The number of benzene rings is 2. The van der Waals surface area contributed by atoms with Gasteiger partial charge in [-0.2, -0.15) is 4.68 Å². The van der Waals surface area contributed by atoms with Gasteiger partial charge in [0.15, 0.2) is 0 Å². The summed E-state index contributed by atoms with van der Waals surface area (Å²) >= 11 is 1.39. The van der Waals surface area contributed by atoms with Crippen molar-refractivity contribution in [2.75, 3.05) is 36.4 Å². The van der Waals surface area contributed by atoms with Crippen molar-refractivity contribution in [1.82, 2.24) is 25.1 Å². The van der Waals surface area contributed by atoms with Gasteiger partial charge in [0.05, 0.1) is 10.6 Å². The number of rotatable bonds is 5. The highest BCUT2D eigenvalue weighted by Gasteiger charge is 2.25. The van der Waals surface area contributed by atoms with Gasteiger partial charge in [-0.3, -0.25) is 9.59 Å². The molecule has 0 unspecified atom stereocenters. The normalized spacial score (nSPS) is 13.7. The van der Waals surface area contributed by atoms with Gasteiger partial charge in [-0.05, 0) is 58.3 Å². The van der Waals surface area contributed by atoms with Crippen LogP contribution in [0.2, 0.25) is 0 Å². The van der Waals surface area contributed by atoms with Crippen LogP contribution in [0.15, 0.2) is 72.1 Å². The summed E-state index contributed by atoms with van der Waals surface area (Å²) < 4.78 is 1.71. The van der Waals surface area contributed by atoms with Gasteiger partial charge in [0.25, 0.3) is 11.8 Å². The van der Waals surface area contributed by atoms with Crippen LogP contribution in [0.1, 0.15) is 20.0 Å². The van der Waals surface area contributed by atoms with Crippen LogP contribution in [0.4, 0.5) is 11.6 Å². The molecule has 1 aliphatic heterocycles. The number of hydrogen-bond donors (Lipinski definition) is 1. The van der Waals surface area contributed by atoms with E-state index in [2.05, 4.69) is 25.7 Å². The Kier molecular flexibility index (Phi) is 5.81. The number of nitrogens with zero attached hydrogens (tertiary/aromatic N) is 6. The van der Waals surface area contributed by atoms with Crippen molar-refractivity contribution in [3.63, 3.8) is 0 Å². The van der Waals surface area contributed by atoms with E-state index in [1.165, 1.54) is 11.3 Å². The highest BCUT2D eigenvalue weighted by molar-refractivity contribution is 7.12. The molecular formula is C23H21N7O2S. The van der Waals surface area contributed by atoms with E-state index in [-0.39, 0.29) is 11.8 Å². The SMILES string of the molecule is O=C(Nc1ccc(C(=O)N2CCN(c3nnnn3-c3ccccc3)CC2)cc1)c1cccs1. The summed E-state index contributed by atoms with van der Waals surface area (Å²) in [7, 11) is 0. The molecule has 0 saturated carbocycles. The Balaban J connectivity index is 1.20. The van der Waals surface area contributed by atoms with Crippen LogP contribution < -0.4 is 10.2 Å². The smallest absolute Gasteiger partial charge is 0.265 e. The van der Waals surface area contributed by atoms with Crippen molar-refractivity contribution < 1.29 is 9.59 Å². The predicted molar refractivity (Wildman–Crippen MR) is 126 cm³/mol. The molecule has 1 saturated heterocycles. The monoisotopic (exact) mass is 459 g/mol. The standard InChI is InChI=1S/C23H21N7O2S/c31-21(20-7-4-16-33-20)24-18-10-8-17(9-11-18)22(32)28-12-14-29(15-13-28)23-25-26-27-30(23)19-5-2-1-3-6-19/h1-11,16H,12-15H2,(H,24,31). The van der Waals surface area contributed by atoms with Crippen molar-refractivity contribution in [2.24, 2.45) is 0 Å². The molecule has 0 bridgehead atoms. The van der Waals surface area contributed by atoms with Crippen LogP contribution in [0.25, 0.3) is 5.69 Å². The van der Waals surface area contributed by atoms with Crippen LogP contribution in [-0.4, -0.2) is 63.1 Å². The first kappa shape index (κ1) is 20.8. The van der Waals surface area contributed by atoms with Gasteiger partial charge in [-0.15, -0.1) is 11.3 Å². The summed E-state index contributed by atoms with van der Waals surface area (Å²) in [6.07, 6.45) is 0. The van der Waals surface area contributed by atoms with E-state index < -0.39 is 0 Å². The Labute approximate surface area is 194 Å². The molecule has 33 heavy (non-hydrogen) atoms. The minimum absolute atomic E-state index is 0.0339. The van der Waals surface area contributed by atoms with E-state index in [9.17, 15) is 9.59 Å². The highest BCUT2D eigenvalue weighted by Crippen LogP contribution is 2.19. The molecule has 1 fully saturated rings. The Bertz CT molecular complexity index is 1230. The number of hydrogen-bond acceptors (Lipinski definition) is 7. The lowest BCUT2D eigenvalue weighted by molar-refractivity contribution is 0.0746. The Morgan fingerprint density at radius 2 is 1.64 bits per heavy atom. The second-order valence-corrected chi connectivity index (χ2v) is 8.46. The van der Waals surface area contributed by atoms with Gasteiger partial charge in [-0.25, -0.2) is 0 Å². The van der Waals surface area contributed by atoms with Crippen LogP contribution >= 0.6 is 11.3 Å². The molecule has 9 nitrogen and oxygen atoms in total. The van der Waals surface area contributed by atoms with Gasteiger partial charge in [0.1, 0.15) is 0 Å². The summed E-state index contributed by atoms with van der Waals surface area (Å²) in [4.78, 5) is 29.7. The molecule has 4 aromatic rings. The maximum atomic E-state index is 13.0. The zero-order valence-electron chi connectivity index (χ0n) is 17.7. The minimum Gasteiger partial charge on any atom is -0.336 e. The van der Waals surface area contributed by atoms with Gasteiger partial charge in [0.2, 0.25) is 5.95 Å². The fourth-order valence-corrected chi connectivity index (χ4v) is 4.32. The van der Waals surface area contributed by atoms with Crippen LogP contribution in [0.5, 0.6) is 0 Å². The number of para-hydroxylation sites is 1. The molecule has 2 amide bonds. The number of tetrazole rings is 1. The lowest BCUT2D eigenvalue weighted by Gasteiger charge is -2.34. The largest absolute Gasteiger partial charge is 0.336 e. The van der Waals surface area contributed by atoms with Crippen molar-refractivity contribution in [3.05, 3.63) is 82.6 Å². The number of aromatic nitrogens is 4. The third-order valence-electron chi connectivity index (χ3n) is 5.44. The Morgan fingerprint density at radius 3 is 2.33 bits per heavy atom. The molecule has 5 rings (SSSR count). The lowest BCUT2D eigenvalue weighted by Crippen LogP contribution is -2.49. The molecule has 0 atom stereocenters. The maximum Gasteiger partial charge on any atom is 0.265 e. The van der Waals surface area contributed by atoms with Crippen LogP contribution in [0, 0.1) is 0 Å². The van der Waals surface area contributed by atoms with Crippen molar-refractivity contribution in [1.29, 1.82) is 0 Å². The average molecular weight is 460 g/mol. The van der Waals surface area contributed by atoms with Crippen molar-refractivity contribution in [2.45, 2.75) is 0 Å². The number of carbonyl (C=O) groups is 2. The highest BCUT2D eigenvalue weighted by atomic mass is 32.1. The lowest BCUT2D eigenvalue weighted by atomic mass is 10.1. The van der Waals surface area contributed by atoms with E-state index in [0.29, 0.717) is 48.3 Å². The first-order valence-electron chi connectivity index (χ1n) is 10.5. The molecule has 2 aromatic heterocycles. The van der Waals surface area contributed by atoms with Crippen LogP contribution in [0.3, 0.4) is 0 Å². The van der Waals surface area contributed by atoms with Gasteiger partial charge in [-0.1, -0.05) is 29.4 Å². The fraction of sp³-hybridized carbons (Fsp3) is 0.174. The molecule has 2 aromatic carbocycles. The number of thiophene rings is 1. The third-order valence-corrected chi connectivity index (χ3v) is 6.31. The number of piperazine rings is 1. The topological polar surface area (TPSA) is 96.2 Å². The number of carbonyl (C=O) groups excluding carboxylic acids is 2. The van der Waals surface area contributed by atoms with E-state index in [0.717, 1.165) is 5.69 Å². The first-order valence-corrected chi connectivity index (χ1v) is 11.4. The third kappa shape index (κ3) is 4.46. The zero-order chi connectivity index (χ0) is 22.6. The van der Waals surface area contributed by atoms with Gasteiger partial charge < -0.3 is 15.1 Å². The minimum atomic E-state index is -0.155. The molecule has 3 heterocycles. The van der Waals surface area contributed by atoms with Gasteiger partial charge >= 0.3 is 0 Å². The molecule has 166 valence electrons. The van der Waals surface area contributed by atoms with E-state index in [4.69, 9.17) is 0 Å². The number of amides is 2. The van der Waals surface area contributed by atoms with Crippen LogP contribution in [-0.2, 0) is 0 Å². The molecule has 1 aliphatic rings. The molecule has 0 radical (unpaired) electrons. The molecule has 0 aliphatic carbocycles. The first-order chi connectivity index (χ1) is 16.2. The molecular weight excluding hydrogens is 438 g/mol. The maximum absolute atomic E-state index is 13.0. The summed E-state index contributed by atoms with van der Waals surface area (Å²) in [5.41, 5.74) is 2.14. The van der Waals surface area contributed by atoms with E-state index in [1.807, 2.05) is 46.7 Å². The Hall–Kier alpha value is -4.05. The summed E-state index contributed by atoms with van der Waals surface area (Å²) in [5, 5.41) is 16.8. The average Bonchev–Trinajstić information content (AvgIpc) is 3.58. The van der Waals surface area contributed by atoms with Crippen molar-refractivity contribution in [3.8, 4) is 5.69 Å². The summed E-state index contributed by atoms with van der Waals surface area (Å²) in [6.45, 7) is 2.40. The van der Waals surface area contributed by atoms with E-state index in [1.54, 1.807) is 35.0 Å². The Morgan fingerprint density at radius 1 is 0.879 bits per heavy atom. The predicted octanol–water partition coefficient (Wildman–Crippen LogP) is 2.94. The second-order valence-electron chi connectivity index (χ2n) is 7.51. The molecule has 0 spiro atoms. The second kappa shape index (κ2) is 9.21. The fourth-order valence-electron chi connectivity index (χ4n) is 3.70. The van der Waals surface area contributed by atoms with E-state index >= 15 is 0 Å². The number of anilines is 2. The summed E-state index contributed by atoms with van der Waals surface area (Å²) in [6, 6.07) is 20.3.